The van der Waals surface area contributed by atoms with Crippen LogP contribution in [-0.2, 0) is 4.84 Å². The zero-order valence-electron chi connectivity index (χ0n) is 18.1. The van der Waals surface area contributed by atoms with Gasteiger partial charge in [0.15, 0.2) is 0 Å². The summed E-state index contributed by atoms with van der Waals surface area (Å²) >= 11 is 12.3. The zero-order valence-corrected chi connectivity index (χ0v) is 19.7. The van der Waals surface area contributed by atoms with Crippen molar-refractivity contribution in [1.82, 2.24) is 10.5 Å². The van der Waals surface area contributed by atoms with Gasteiger partial charge in [-0.05, 0) is 91.6 Å². The van der Waals surface area contributed by atoms with Crippen LogP contribution >= 0.6 is 23.2 Å². The number of hydrogen-bond donors (Lipinski definition) is 0. The predicted molar refractivity (Wildman–Crippen MR) is 133 cm³/mol. The molecule has 4 aromatic rings. The first-order valence-corrected chi connectivity index (χ1v) is 11.1. The van der Waals surface area contributed by atoms with Crippen molar-refractivity contribution in [3.63, 3.8) is 0 Å². The molecule has 0 atom stereocenters. The molecule has 1 heterocycles. The number of hydrogen-bond acceptors (Lipinski definition) is 2. The summed E-state index contributed by atoms with van der Waals surface area (Å²) in [6.45, 7) is 5.93. The largest absolute Gasteiger partial charge is 0.265 e. The third-order valence-electron chi connectivity index (χ3n) is 4.84. The van der Waals surface area contributed by atoms with Gasteiger partial charge in [-0.2, -0.15) is 0 Å². The summed E-state index contributed by atoms with van der Waals surface area (Å²) in [5.41, 5.74) is 11.0. The number of benzene rings is 3. The van der Waals surface area contributed by atoms with Crippen LogP contribution in [0.15, 0.2) is 85.2 Å². The Hall–Kier alpha value is -2.85. The molecule has 3 nitrogen and oxygen atoms in total. The van der Waals surface area contributed by atoms with Crippen molar-refractivity contribution in [2.75, 3.05) is 0 Å². The van der Waals surface area contributed by atoms with Crippen LogP contribution in [0.3, 0.4) is 0 Å². The summed E-state index contributed by atoms with van der Waals surface area (Å²) in [6, 6.07) is 23.8. The van der Waals surface area contributed by atoms with Gasteiger partial charge in [0.2, 0.25) is 0 Å². The Balaban J connectivity index is 1.98. The molecular weight excluding hydrogens is 439 g/mol. The van der Waals surface area contributed by atoms with Crippen LogP contribution in [-0.4, -0.2) is 10.6 Å². The minimum Gasteiger partial charge on any atom is -0.265 e. The smallest absolute Gasteiger partial charge is 0.106 e. The molecule has 161 valence electrons. The Bertz CT molecular complexity index is 1130. The van der Waals surface area contributed by atoms with Gasteiger partial charge in [-0.25, -0.2) is 4.84 Å². The number of aromatic nitrogens is 1. The first-order valence-electron chi connectivity index (χ1n) is 10.3. The van der Waals surface area contributed by atoms with Gasteiger partial charge >= 0.3 is 0 Å². The molecule has 1 radical (unpaired) electrons. The number of pyridine rings is 1. The topological polar surface area (TPSA) is 36.2 Å². The third kappa shape index (κ3) is 5.31. The van der Waals surface area contributed by atoms with Crippen LogP contribution < -0.4 is 5.48 Å². The summed E-state index contributed by atoms with van der Waals surface area (Å²) < 4.78 is 0. The van der Waals surface area contributed by atoms with E-state index >= 15 is 0 Å². The van der Waals surface area contributed by atoms with E-state index in [9.17, 15) is 0 Å². The molecule has 5 heteroatoms. The fraction of sp³-hybridized carbons (Fsp3) is 0.148. The molecule has 0 saturated heterocycles. The summed E-state index contributed by atoms with van der Waals surface area (Å²) in [4.78, 5) is 10.1. The van der Waals surface area contributed by atoms with Crippen molar-refractivity contribution >= 4 is 28.9 Å². The van der Waals surface area contributed by atoms with Gasteiger partial charge in [0.1, 0.15) is 5.69 Å². The molecule has 0 fully saturated rings. The lowest BCUT2D eigenvalue weighted by Gasteiger charge is -2.22. The second kappa shape index (κ2) is 9.33. The van der Waals surface area contributed by atoms with E-state index in [0.717, 1.165) is 39.1 Å². The van der Waals surface area contributed by atoms with Gasteiger partial charge in [0.05, 0.1) is 5.60 Å². The molecule has 0 N–H and O–H groups in total. The van der Waals surface area contributed by atoms with Gasteiger partial charge in [-0.3, -0.25) is 4.98 Å². The van der Waals surface area contributed by atoms with Crippen LogP contribution in [0.2, 0.25) is 10.0 Å². The molecular formula is C27H23Cl2N2O. The minimum absolute atomic E-state index is 0.432. The maximum absolute atomic E-state index is 6.16. The lowest BCUT2D eigenvalue weighted by atomic mass is 9.91. The SMILES string of the molecule is CC(C)(C)O[N]c1c(-c2ccc(Cl)cc2)cc(-c2ccncc2)cc1-c1ccc(Cl)cc1. The average molecular weight is 462 g/mol. The van der Waals surface area contributed by atoms with Crippen molar-refractivity contribution in [3.8, 4) is 33.4 Å². The monoisotopic (exact) mass is 461 g/mol. The van der Waals surface area contributed by atoms with Crippen molar-refractivity contribution in [1.29, 1.82) is 0 Å². The summed E-state index contributed by atoms with van der Waals surface area (Å²) in [6.07, 6.45) is 3.58. The molecule has 0 bridgehead atoms. The van der Waals surface area contributed by atoms with E-state index in [0.29, 0.717) is 10.0 Å². The van der Waals surface area contributed by atoms with Crippen LogP contribution in [0.1, 0.15) is 20.8 Å². The molecule has 0 aliphatic carbocycles. The highest BCUT2D eigenvalue weighted by Crippen LogP contribution is 2.42. The van der Waals surface area contributed by atoms with E-state index in [2.05, 4.69) is 22.6 Å². The molecule has 4 rings (SSSR count). The Labute approximate surface area is 199 Å². The standard InChI is InChI=1S/C27H23Cl2N2O/c1-27(2,3)32-31-26-24(19-4-8-22(28)9-5-19)16-21(18-12-14-30-15-13-18)17-25(26)20-6-10-23(29)11-7-20/h4-17H,1-3H3. The van der Waals surface area contributed by atoms with Crippen LogP contribution in [0.5, 0.6) is 0 Å². The van der Waals surface area contributed by atoms with E-state index in [1.54, 1.807) is 12.4 Å². The maximum atomic E-state index is 6.16. The highest BCUT2D eigenvalue weighted by atomic mass is 35.5. The highest BCUT2D eigenvalue weighted by molar-refractivity contribution is 6.31. The van der Waals surface area contributed by atoms with Crippen molar-refractivity contribution in [2.24, 2.45) is 0 Å². The summed E-state index contributed by atoms with van der Waals surface area (Å²) in [7, 11) is 0. The van der Waals surface area contributed by atoms with Crippen molar-refractivity contribution in [2.45, 2.75) is 26.4 Å². The number of rotatable bonds is 5. The van der Waals surface area contributed by atoms with E-state index in [-0.39, 0.29) is 0 Å². The van der Waals surface area contributed by atoms with Gasteiger partial charge in [0, 0.05) is 33.6 Å². The second-order valence-electron chi connectivity index (χ2n) is 8.46. The fourth-order valence-electron chi connectivity index (χ4n) is 3.33. The highest BCUT2D eigenvalue weighted by Gasteiger charge is 2.20. The van der Waals surface area contributed by atoms with E-state index in [1.165, 1.54) is 0 Å². The quantitative estimate of drug-likeness (QED) is 0.280. The van der Waals surface area contributed by atoms with Crippen LogP contribution in [0.4, 0.5) is 5.69 Å². The molecule has 32 heavy (non-hydrogen) atoms. The van der Waals surface area contributed by atoms with E-state index in [1.807, 2.05) is 81.4 Å². The molecule has 0 spiro atoms. The Kier molecular flexibility index (Phi) is 6.52. The second-order valence-corrected chi connectivity index (χ2v) is 9.34. The Morgan fingerprint density at radius 1 is 0.656 bits per heavy atom. The molecule has 0 saturated carbocycles. The Morgan fingerprint density at radius 3 is 1.56 bits per heavy atom. The van der Waals surface area contributed by atoms with Gasteiger partial charge < -0.3 is 0 Å². The average Bonchev–Trinajstić information content (AvgIpc) is 2.78. The predicted octanol–water partition coefficient (Wildman–Crippen LogP) is 8.36. The molecule has 0 aliphatic rings. The fourth-order valence-corrected chi connectivity index (χ4v) is 3.58. The first kappa shape index (κ1) is 22.3. The normalized spacial score (nSPS) is 11.4. The molecule has 0 unspecified atom stereocenters. The number of halogens is 2. The van der Waals surface area contributed by atoms with Gasteiger partial charge in [-0.1, -0.05) is 47.5 Å². The van der Waals surface area contributed by atoms with Gasteiger partial charge in [-0.15, -0.1) is 5.48 Å². The van der Waals surface area contributed by atoms with Crippen LogP contribution in [0.25, 0.3) is 33.4 Å². The lowest BCUT2D eigenvalue weighted by Crippen LogP contribution is -2.22. The van der Waals surface area contributed by atoms with Crippen molar-refractivity contribution in [3.05, 3.63) is 95.2 Å². The lowest BCUT2D eigenvalue weighted by molar-refractivity contribution is -0.0541. The molecule has 0 aliphatic heterocycles. The number of nitrogens with zero attached hydrogens (tertiary/aromatic N) is 2. The maximum Gasteiger partial charge on any atom is 0.106 e. The Morgan fingerprint density at radius 2 is 1.12 bits per heavy atom. The van der Waals surface area contributed by atoms with Crippen LogP contribution in [0, 0.1) is 0 Å². The van der Waals surface area contributed by atoms with Crippen molar-refractivity contribution < 1.29 is 4.84 Å². The third-order valence-corrected chi connectivity index (χ3v) is 5.35. The molecule has 3 aromatic carbocycles. The van der Waals surface area contributed by atoms with E-state index < -0.39 is 5.60 Å². The summed E-state index contributed by atoms with van der Waals surface area (Å²) in [5, 5.41) is 1.36. The van der Waals surface area contributed by atoms with Gasteiger partial charge in [0.25, 0.3) is 0 Å². The molecule has 1 aromatic heterocycles. The first-order chi connectivity index (χ1) is 15.3. The van der Waals surface area contributed by atoms with E-state index in [4.69, 9.17) is 28.0 Å². The molecule has 0 amide bonds. The zero-order chi connectivity index (χ0) is 22.7. The minimum atomic E-state index is -0.432. The summed E-state index contributed by atoms with van der Waals surface area (Å²) in [5.74, 6) is 0.